The Morgan fingerprint density at radius 2 is 2.00 bits per heavy atom. The fourth-order valence-corrected chi connectivity index (χ4v) is 4.17. The number of carboxylic acids is 1. The quantitative estimate of drug-likeness (QED) is 0.483. The maximum atomic E-state index is 12.1. The van der Waals surface area contributed by atoms with Gasteiger partial charge in [0.25, 0.3) is 0 Å². The third-order valence-corrected chi connectivity index (χ3v) is 5.76. The van der Waals surface area contributed by atoms with Crippen molar-refractivity contribution in [3.63, 3.8) is 0 Å². The Morgan fingerprint density at radius 3 is 2.77 bits per heavy atom. The van der Waals surface area contributed by atoms with Crippen molar-refractivity contribution >= 4 is 34.4 Å². The SMILES string of the molecule is O=C(O)c1c(N2CCCC(c3nc4ccccc4[nH]3)C2)noc1-c1ccc(Cl)cc1. The molecule has 152 valence electrons. The molecule has 30 heavy (non-hydrogen) atoms. The lowest BCUT2D eigenvalue weighted by Gasteiger charge is -2.31. The number of aromatic carboxylic acids is 1. The summed E-state index contributed by atoms with van der Waals surface area (Å²) in [4.78, 5) is 22.2. The number of halogens is 1. The Labute approximate surface area is 177 Å². The summed E-state index contributed by atoms with van der Waals surface area (Å²) in [5.41, 5.74) is 2.63. The average molecular weight is 423 g/mol. The number of fused-ring (bicyclic) bond motifs is 1. The number of aromatic nitrogens is 3. The fraction of sp³-hybridized carbons (Fsp3) is 0.227. The van der Waals surface area contributed by atoms with Gasteiger partial charge in [0.05, 0.1) is 11.0 Å². The van der Waals surface area contributed by atoms with Gasteiger partial charge in [0.1, 0.15) is 5.82 Å². The van der Waals surface area contributed by atoms with E-state index in [1.165, 1.54) is 0 Å². The highest BCUT2D eigenvalue weighted by Crippen LogP contribution is 2.35. The highest BCUT2D eigenvalue weighted by Gasteiger charge is 2.31. The number of aromatic amines is 1. The van der Waals surface area contributed by atoms with Crippen molar-refractivity contribution < 1.29 is 14.4 Å². The fourth-order valence-electron chi connectivity index (χ4n) is 4.05. The molecule has 0 amide bonds. The molecular weight excluding hydrogens is 404 g/mol. The van der Waals surface area contributed by atoms with Crippen LogP contribution in [0.4, 0.5) is 5.82 Å². The minimum atomic E-state index is -1.07. The number of carbonyl (C=O) groups is 1. The summed E-state index contributed by atoms with van der Waals surface area (Å²) in [6.45, 7) is 1.33. The second kappa shape index (κ2) is 7.50. The lowest BCUT2D eigenvalue weighted by Crippen LogP contribution is -2.35. The summed E-state index contributed by atoms with van der Waals surface area (Å²) < 4.78 is 5.49. The van der Waals surface area contributed by atoms with Crippen LogP contribution in [-0.2, 0) is 0 Å². The van der Waals surface area contributed by atoms with Crippen LogP contribution in [0.3, 0.4) is 0 Å². The van der Waals surface area contributed by atoms with Crippen LogP contribution in [0.2, 0.25) is 5.02 Å². The van der Waals surface area contributed by atoms with Crippen molar-refractivity contribution in [2.75, 3.05) is 18.0 Å². The third kappa shape index (κ3) is 3.31. The number of piperidine rings is 1. The van der Waals surface area contributed by atoms with E-state index in [0.29, 0.717) is 29.5 Å². The molecule has 8 heteroatoms. The largest absolute Gasteiger partial charge is 0.477 e. The molecule has 0 aliphatic carbocycles. The van der Waals surface area contributed by atoms with Gasteiger partial charge in [0.15, 0.2) is 17.1 Å². The minimum Gasteiger partial charge on any atom is -0.477 e. The second-order valence-corrected chi connectivity index (χ2v) is 7.88. The van der Waals surface area contributed by atoms with Gasteiger partial charge in [-0.15, -0.1) is 0 Å². The highest BCUT2D eigenvalue weighted by molar-refractivity contribution is 6.30. The van der Waals surface area contributed by atoms with Crippen molar-refractivity contribution in [2.45, 2.75) is 18.8 Å². The summed E-state index contributed by atoms with van der Waals surface area (Å²) in [5, 5.41) is 14.6. The number of rotatable bonds is 4. The molecule has 1 atom stereocenters. The molecule has 2 N–H and O–H groups in total. The van der Waals surface area contributed by atoms with Crippen molar-refractivity contribution in [2.24, 2.45) is 0 Å². The number of anilines is 1. The number of para-hydroxylation sites is 2. The zero-order valence-electron chi connectivity index (χ0n) is 16.0. The molecule has 0 bridgehead atoms. The number of nitrogens with one attached hydrogen (secondary N) is 1. The maximum absolute atomic E-state index is 12.1. The number of nitrogens with zero attached hydrogens (tertiary/aromatic N) is 3. The molecule has 3 heterocycles. The van der Waals surface area contributed by atoms with Crippen molar-refractivity contribution in [1.29, 1.82) is 0 Å². The van der Waals surface area contributed by atoms with Gasteiger partial charge in [-0.3, -0.25) is 0 Å². The highest BCUT2D eigenvalue weighted by atomic mass is 35.5. The molecule has 1 saturated heterocycles. The molecule has 0 spiro atoms. The Kier molecular flexibility index (Phi) is 4.67. The Hall–Kier alpha value is -3.32. The van der Waals surface area contributed by atoms with Crippen molar-refractivity contribution in [3.05, 3.63) is 64.9 Å². The normalized spacial score (nSPS) is 16.8. The van der Waals surface area contributed by atoms with Crippen LogP contribution in [0.15, 0.2) is 53.1 Å². The van der Waals surface area contributed by atoms with Crippen LogP contribution < -0.4 is 4.90 Å². The predicted molar refractivity (Wildman–Crippen MR) is 114 cm³/mol. The van der Waals surface area contributed by atoms with Crippen LogP contribution in [0.5, 0.6) is 0 Å². The van der Waals surface area contributed by atoms with E-state index in [1.54, 1.807) is 24.3 Å². The van der Waals surface area contributed by atoms with Gasteiger partial charge >= 0.3 is 5.97 Å². The lowest BCUT2D eigenvalue weighted by atomic mass is 9.97. The molecule has 2 aromatic heterocycles. The van der Waals surface area contributed by atoms with Crippen LogP contribution in [-0.4, -0.2) is 39.3 Å². The Bertz CT molecular complexity index is 1180. The van der Waals surface area contributed by atoms with Crippen LogP contribution in [0, 0.1) is 0 Å². The van der Waals surface area contributed by atoms with Crippen molar-refractivity contribution in [3.8, 4) is 11.3 Å². The molecule has 0 saturated carbocycles. The van der Waals surface area contributed by atoms with Gasteiger partial charge in [-0.05, 0) is 49.2 Å². The number of carboxylic acid groups (broad SMARTS) is 1. The smallest absolute Gasteiger partial charge is 0.343 e. The van der Waals surface area contributed by atoms with Crippen LogP contribution in [0.1, 0.15) is 34.9 Å². The summed E-state index contributed by atoms with van der Waals surface area (Å²) in [7, 11) is 0. The van der Waals surface area contributed by atoms with Gasteiger partial charge in [0.2, 0.25) is 0 Å². The van der Waals surface area contributed by atoms with E-state index in [-0.39, 0.29) is 17.2 Å². The number of benzene rings is 2. The van der Waals surface area contributed by atoms with E-state index < -0.39 is 5.97 Å². The summed E-state index contributed by atoms with van der Waals surface area (Å²) in [5.74, 6) is 0.595. The van der Waals surface area contributed by atoms with E-state index >= 15 is 0 Å². The first kappa shape index (κ1) is 18.7. The molecule has 1 fully saturated rings. The molecule has 4 aromatic rings. The molecule has 5 rings (SSSR count). The van der Waals surface area contributed by atoms with Gasteiger partial charge in [-0.1, -0.05) is 28.9 Å². The monoisotopic (exact) mass is 422 g/mol. The second-order valence-electron chi connectivity index (χ2n) is 7.45. The number of hydrogen-bond donors (Lipinski definition) is 2. The first-order valence-corrected chi connectivity index (χ1v) is 10.2. The zero-order chi connectivity index (χ0) is 20.7. The first-order valence-electron chi connectivity index (χ1n) is 9.78. The van der Waals surface area contributed by atoms with Gasteiger partial charge in [-0.2, -0.15) is 0 Å². The van der Waals surface area contributed by atoms with Crippen molar-refractivity contribution in [1.82, 2.24) is 15.1 Å². The van der Waals surface area contributed by atoms with E-state index in [1.807, 2.05) is 29.2 Å². The third-order valence-electron chi connectivity index (χ3n) is 5.51. The number of H-pyrrole nitrogens is 1. The summed E-state index contributed by atoms with van der Waals surface area (Å²) in [6, 6.07) is 14.8. The number of hydrogen-bond acceptors (Lipinski definition) is 5. The lowest BCUT2D eigenvalue weighted by molar-refractivity contribution is 0.0697. The topological polar surface area (TPSA) is 95.2 Å². The Morgan fingerprint density at radius 1 is 1.20 bits per heavy atom. The molecular formula is C22H19ClN4O3. The van der Waals surface area contributed by atoms with Gasteiger partial charge in [-0.25, -0.2) is 9.78 Å². The predicted octanol–water partition coefficient (Wildman–Crippen LogP) is 4.95. The first-order chi connectivity index (χ1) is 14.6. The molecule has 1 unspecified atom stereocenters. The van der Waals surface area contributed by atoms with Crippen LogP contribution >= 0.6 is 11.6 Å². The maximum Gasteiger partial charge on any atom is 0.343 e. The number of imidazole rings is 1. The molecule has 1 aliphatic heterocycles. The summed E-state index contributed by atoms with van der Waals surface area (Å²) in [6.07, 6.45) is 1.88. The Balaban J connectivity index is 1.47. The average Bonchev–Trinajstić information content (AvgIpc) is 3.39. The summed E-state index contributed by atoms with van der Waals surface area (Å²) >= 11 is 5.95. The van der Waals surface area contributed by atoms with Gasteiger partial charge in [0, 0.05) is 29.6 Å². The standard InChI is InChI=1S/C22H19ClN4O3/c23-15-9-7-13(8-10-15)19-18(22(28)29)21(26-30-19)27-11-3-4-14(12-27)20-24-16-5-1-2-6-17(16)25-20/h1-2,5-10,14H,3-4,11-12H2,(H,24,25)(H,28,29). The van der Waals surface area contributed by atoms with E-state index in [9.17, 15) is 9.90 Å². The van der Waals surface area contributed by atoms with Gasteiger partial charge < -0.3 is 19.5 Å². The molecule has 1 aliphatic rings. The van der Waals surface area contributed by atoms with Crippen LogP contribution in [0.25, 0.3) is 22.4 Å². The molecule has 0 radical (unpaired) electrons. The minimum absolute atomic E-state index is 0.0718. The van der Waals surface area contributed by atoms with E-state index in [4.69, 9.17) is 21.1 Å². The molecule has 7 nitrogen and oxygen atoms in total. The molecule has 2 aromatic carbocycles. The van der Waals surface area contributed by atoms with E-state index in [2.05, 4.69) is 10.1 Å². The zero-order valence-corrected chi connectivity index (χ0v) is 16.8. The van der Waals surface area contributed by atoms with E-state index in [0.717, 1.165) is 29.7 Å².